The predicted octanol–water partition coefficient (Wildman–Crippen LogP) is 0.681. The van der Waals surface area contributed by atoms with Gasteiger partial charge in [0, 0.05) is 31.2 Å². The van der Waals surface area contributed by atoms with E-state index >= 15 is 0 Å². The normalized spacial score (nSPS) is 25.8. The highest BCUT2D eigenvalue weighted by Crippen LogP contribution is 2.33. The molecule has 13 nitrogen and oxygen atoms in total. The monoisotopic (exact) mass is 574 g/mol. The molecule has 2 aromatic heterocycles. The van der Waals surface area contributed by atoms with Crippen LogP contribution in [0.1, 0.15) is 58.1 Å². The Hall–Kier alpha value is -3.12. The van der Waals surface area contributed by atoms with E-state index in [9.17, 15) is 19.8 Å². The first-order valence-electron chi connectivity index (χ1n) is 13.7. The number of carbonyl (C=O) groups is 2. The van der Waals surface area contributed by atoms with Crippen LogP contribution in [0, 0.1) is 11.8 Å². The number of aromatic nitrogens is 4. The molecule has 0 radical (unpaired) electrons. The molecule has 0 aromatic carbocycles. The zero-order valence-electron chi connectivity index (χ0n) is 22.6. The van der Waals surface area contributed by atoms with E-state index in [1.54, 1.807) is 4.57 Å². The van der Waals surface area contributed by atoms with Gasteiger partial charge in [-0.25, -0.2) is 19.7 Å². The van der Waals surface area contributed by atoms with Crippen molar-refractivity contribution in [1.29, 1.82) is 0 Å². The Morgan fingerprint density at radius 3 is 2.83 bits per heavy atom. The second-order valence-corrected chi connectivity index (χ2v) is 11.1. The van der Waals surface area contributed by atoms with Crippen LogP contribution in [0.15, 0.2) is 12.7 Å². The minimum atomic E-state index is -1.14. The number of hydrogen-bond donors (Lipinski definition) is 6. The molecule has 6 atom stereocenters. The lowest BCUT2D eigenvalue weighted by molar-refractivity contribution is -0.121. The lowest BCUT2D eigenvalue weighted by Gasteiger charge is -2.16. The number of aliphatic hydroxyl groups is 2. The Morgan fingerprint density at radius 1 is 1.18 bits per heavy atom. The van der Waals surface area contributed by atoms with Gasteiger partial charge in [-0.3, -0.25) is 9.36 Å². The van der Waals surface area contributed by atoms with Crippen molar-refractivity contribution in [1.82, 2.24) is 35.5 Å². The second-order valence-electron chi connectivity index (χ2n) is 10.1. The summed E-state index contributed by atoms with van der Waals surface area (Å²) in [5.41, 5.74) is 6.67. The number of thioether (sulfide) groups is 1. The van der Waals surface area contributed by atoms with Crippen LogP contribution in [0.3, 0.4) is 0 Å². The van der Waals surface area contributed by atoms with Crippen LogP contribution in [-0.4, -0.2) is 90.1 Å². The van der Waals surface area contributed by atoms with E-state index in [1.807, 2.05) is 6.92 Å². The Bertz CT molecular complexity index is 1220. The number of ether oxygens (including phenoxy) is 1. The van der Waals surface area contributed by atoms with Crippen LogP contribution >= 0.6 is 11.8 Å². The van der Waals surface area contributed by atoms with Crippen LogP contribution in [0.2, 0.25) is 0 Å². The highest BCUT2D eigenvalue weighted by atomic mass is 32.2. The Labute approximate surface area is 237 Å². The number of nitrogens with zero attached hydrogens (tertiary/aromatic N) is 4. The van der Waals surface area contributed by atoms with Gasteiger partial charge in [0.1, 0.15) is 24.1 Å². The molecule has 4 heterocycles. The average molecular weight is 575 g/mol. The third-order valence-corrected chi connectivity index (χ3v) is 7.99. The number of carbonyl (C=O) groups excluding carboxylic acids is 2. The van der Waals surface area contributed by atoms with Crippen molar-refractivity contribution in [3.05, 3.63) is 12.7 Å². The second kappa shape index (κ2) is 14.5. The Kier molecular flexibility index (Phi) is 10.8. The number of hydrogen-bond acceptors (Lipinski definition) is 10. The van der Waals surface area contributed by atoms with Crippen LogP contribution in [0.4, 0.5) is 10.6 Å². The molecular formula is C26H38N8O5S. The fourth-order valence-corrected chi connectivity index (χ4v) is 5.63. The number of anilines is 1. The van der Waals surface area contributed by atoms with E-state index in [2.05, 4.69) is 42.7 Å². The molecule has 2 unspecified atom stereocenters. The quantitative estimate of drug-likeness (QED) is 0.147. The molecule has 3 amide bonds. The molecule has 2 aliphatic heterocycles. The Morgan fingerprint density at radius 2 is 2.02 bits per heavy atom. The zero-order chi connectivity index (χ0) is 28.5. The largest absolute Gasteiger partial charge is 0.387 e. The summed E-state index contributed by atoms with van der Waals surface area (Å²) in [5, 5.41) is 29.7. The highest BCUT2D eigenvalue weighted by molar-refractivity contribution is 7.99. The number of nitrogens with two attached hydrogens (primary N) is 1. The van der Waals surface area contributed by atoms with E-state index in [1.165, 1.54) is 24.4 Å². The number of rotatable bonds is 13. The molecule has 0 aliphatic carbocycles. The van der Waals surface area contributed by atoms with Gasteiger partial charge in [0.15, 0.2) is 17.7 Å². The van der Waals surface area contributed by atoms with Crippen molar-refractivity contribution < 1.29 is 24.5 Å². The number of imidazole rings is 1. The van der Waals surface area contributed by atoms with Crippen molar-refractivity contribution in [3.63, 3.8) is 0 Å². The maximum absolute atomic E-state index is 12.0. The van der Waals surface area contributed by atoms with Gasteiger partial charge in [0.25, 0.3) is 0 Å². The lowest BCUT2D eigenvalue weighted by Crippen LogP contribution is -2.32. The van der Waals surface area contributed by atoms with E-state index < -0.39 is 24.5 Å². The molecule has 4 rings (SSSR count). The minimum absolute atomic E-state index is 0.0583. The van der Waals surface area contributed by atoms with E-state index in [0.717, 1.165) is 32.1 Å². The average Bonchev–Trinajstić information content (AvgIpc) is 3.58. The van der Waals surface area contributed by atoms with Gasteiger partial charge in [-0.05, 0) is 26.2 Å². The summed E-state index contributed by atoms with van der Waals surface area (Å²) in [6, 6.07) is 0.229. The number of nitrogens with one attached hydrogen (secondary N) is 3. The van der Waals surface area contributed by atoms with Crippen molar-refractivity contribution in [3.8, 4) is 11.8 Å². The predicted molar refractivity (Wildman–Crippen MR) is 151 cm³/mol. The highest BCUT2D eigenvalue weighted by Gasteiger charge is 2.44. The number of aliphatic hydroxyl groups excluding tert-OH is 2. The van der Waals surface area contributed by atoms with Gasteiger partial charge in [-0.1, -0.05) is 18.8 Å². The van der Waals surface area contributed by atoms with Crippen LogP contribution in [-0.2, 0) is 9.53 Å². The summed E-state index contributed by atoms with van der Waals surface area (Å²) in [6.45, 7) is 2.59. The first-order valence-corrected chi connectivity index (χ1v) is 14.8. The third-order valence-electron chi connectivity index (χ3n) is 7.08. The molecule has 2 aliphatic rings. The molecule has 0 saturated carbocycles. The van der Waals surface area contributed by atoms with Gasteiger partial charge in [-0.15, -0.1) is 17.7 Å². The number of urea groups is 1. The molecule has 40 heavy (non-hydrogen) atoms. The third kappa shape index (κ3) is 7.75. The summed E-state index contributed by atoms with van der Waals surface area (Å²) in [7, 11) is 0. The maximum Gasteiger partial charge on any atom is 0.315 e. The molecule has 0 spiro atoms. The minimum Gasteiger partial charge on any atom is -0.387 e. The summed E-state index contributed by atoms with van der Waals surface area (Å²) in [4.78, 5) is 35.6. The van der Waals surface area contributed by atoms with Crippen molar-refractivity contribution >= 4 is 40.7 Å². The zero-order valence-corrected chi connectivity index (χ0v) is 23.4. The van der Waals surface area contributed by atoms with Crippen molar-refractivity contribution in [2.75, 3.05) is 23.8 Å². The van der Waals surface area contributed by atoms with Gasteiger partial charge in [0.05, 0.1) is 24.2 Å². The number of unbranched alkanes of at least 4 members (excludes halogenated alkanes) is 3. The van der Waals surface area contributed by atoms with Crippen LogP contribution < -0.4 is 21.7 Å². The topological polar surface area (TPSA) is 190 Å². The molecule has 2 aromatic rings. The fraction of sp³-hybridized carbons (Fsp3) is 0.654. The van der Waals surface area contributed by atoms with E-state index in [-0.39, 0.29) is 29.8 Å². The molecule has 0 bridgehead atoms. The van der Waals surface area contributed by atoms with Crippen molar-refractivity contribution in [2.24, 2.45) is 0 Å². The lowest BCUT2D eigenvalue weighted by atomic mass is 10.0. The number of amides is 3. The standard InChI is InChI=1S/C26H38N8O5S/c1-16-17(33-26(38)32-16)9-5-4-6-10-19(35)28-11-7-2-3-8-12-40-13-18-21(36)22(37)25(39-18)34-15-31-20-23(27)29-14-30-24(20)34/h14-18,21-22,25,36-37H,2,4-7,9-13H2,1H3,(H,28,35)(H2,27,29,30)(H2,32,33,38)/t16-,17+,18+,21?,22?,25+/m0/s1. The van der Waals surface area contributed by atoms with Gasteiger partial charge >= 0.3 is 6.03 Å². The van der Waals surface area contributed by atoms with Crippen molar-refractivity contribution in [2.45, 2.75) is 88.5 Å². The van der Waals surface area contributed by atoms with Gasteiger partial charge < -0.3 is 36.6 Å². The van der Waals surface area contributed by atoms with Crippen LogP contribution in [0.25, 0.3) is 11.2 Å². The first kappa shape index (κ1) is 29.9. The smallest absolute Gasteiger partial charge is 0.315 e. The number of fused-ring (bicyclic) bond motifs is 1. The summed E-state index contributed by atoms with van der Waals surface area (Å²) >= 11 is 1.52. The molecular weight excluding hydrogens is 536 g/mol. The molecule has 2 saturated heterocycles. The summed E-state index contributed by atoms with van der Waals surface area (Å²) < 4.78 is 7.49. The summed E-state index contributed by atoms with van der Waals surface area (Å²) in [6.07, 6.45) is 4.87. The number of nitrogen functional groups attached to an aromatic ring is 1. The van der Waals surface area contributed by atoms with E-state index in [4.69, 9.17) is 10.5 Å². The van der Waals surface area contributed by atoms with Gasteiger partial charge in [0.2, 0.25) is 5.91 Å². The molecule has 7 N–H and O–H groups in total. The fourth-order valence-electron chi connectivity index (χ4n) is 4.80. The summed E-state index contributed by atoms with van der Waals surface area (Å²) in [5.74, 6) is 7.52. The first-order chi connectivity index (χ1) is 19.3. The molecule has 2 fully saturated rings. The maximum atomic E-state index is 12.0. The Balaban J connectivity index is 1.04. The SMILES string of the molecule is C[C@@H]1NC(=O)N[C@@H]1CCCCCC(=O)NCCCC#CCSC[C@H]1O[C@@H](n2cnc3c(N)ncnc32)C(O)C1O. The van der Waals surface area contributed by atoms with Gasteiger partial charge in [-0.2, -0.15) is 0 Å². The molecule has 14 heteroatoms. The van der Waals surface area contributed by atoms with E-state index in [0.29, 0.717) is 42.1 Å². The van der Waals surface area contributed by atoms with Crippen LogP contribution in [0.5, 0.6) is 0 Å². The molecule has 218 valence electrons.